The fourth-order valence-electron chi connectivity index (χ4n) is 5.20. The molecule has 3 atom stereocenters. The van der Waals surface area contributed by atoms with Crippen LogP contribution in [-0.4, -0.2) is 113 Å². The Labute approximate surface area is 251 Å². The summed E-state index contributed by atoms with van der Waals surface area (Å²) in [5.74, 6) is -3.75. The van der Waals surface area contributed by atoms with Gasteiger partial charge in [-0.2, -0.15) is 0 Å². The van der Waals surface area contributed by atoms with Gasteiger partial charge in [0.1, 0.15) is 18.2 Å². The first-order valence-corrected chi connectivity index (χ1v) is 14.4. The summed E-state index contributed by atoms with van der Waals surface area (Å²) >= 11 is 0. The Hall–Kier alpha value is -4.00. The molecule has 1 fully saturated rings. The maximum absolute atomic E-state index is 13.3. The molecule has 2 aliphatic heterocycles. The van der Waals surface area contributed by atoms with Crippen molar-refractivity contribution < 1.29 is 43.3 Å². The van der Waals surface area contributed by atoms with E-state index >= 15 is 0 Å². The third-order valence-corrected chi connectivity index (χ3v) is 7.53. The minimum atomic E-state index is -1.22. The van der Waals surface area contributed by atoms with Crippen molar-refractivity contribution in [1.29, 1.82) is 0 Å². The molecule has 1 saturated heterocycles. The number of imide groups is 1. The van der Waals surface area contributed by atoms with E-state index in [1.54, 1.807) is 45.0 Å². The summed E-state index contributed by atoms with van der Waals surface area (Å²) < 4.78 is 10.2. The summed E-state index contributed by atoms with van der Waals surface area (Å²) in [7, 11) is 1.18. The Morgan fingerprint density at radius 1 is 1.09 bits per heavy atom. The van der Waals surface area contributed by atoms with Crippen molar-refractivity contribution >= 4 is 35.7 Å². The fourth-order valence-corrected chi connectivity index (χ4v) is 5.20. The normalized spacial score (nSPS) is 17.9. The molecule has 2 heterocycles. The van der Waals surface area contributed by atoms with E-state index < -0.39 is 72.4 Å². The third kappa shape index (κ3) is 8.31. The van der Waals surface area contributed by atoms with Gasteiger partial charge in [-0.05, 0) is 51.7 Å². The highest BCUT2D eigenvalue weighted by atomic mass is 16.6. The molecular formula is C30H42N4O9. The first-order chi connectivity index (χ1) is 20.1. The second-order valence-corrected chi connectivity index (χ2v) is 12.1. The Morgan fingerprint density at radius 2 is 1.70 bits per heavy atom. The van der Waals surface area contributed by atoms with Crippen molar-refractivity contribution in [3.05, 3.63) is 35.4 Å². The van der Waals surface area contributed by atoms with Gasteiger partial charge in [-0.3, -0.25) is 33.8 Å². The van der Waals surface area contributed by atoms with E-state index in [-0.39, 0.29) is 30.1 Å². The lowest BCUT2D eigenvalue weighted by molar-refractivity contribution is -0.148. The fraction of sp³-hybridized carbons (Fsp3) is 0.600. The van der Waals surface area contributed by atoms with Crippen molar-refractivity contribution in [3.63, 3.8) is 0 Å². The summed E-state index contributed by atoms with van der Waals surface area (Å²) in [6.07, 6.45) is -0.827. The second-order valence-electron chi connectivity index (χ2n) is 12.1. The molecule has 0 saturated carbocycles. The molecule has 0 unspecified atom stereocenters. The predicted molar refractivity (Wildman–Crippen MR) is 154 cm³/mol. The van der Waals surface area contributed by atoms with Crippen LogP contribution >= 0.6 is 0 Å². The minimum absolute atomic E-state index is 0.112. The monoisotopic (exact) mass is 602 g/mol. The molecule has 43 heavy (non-hydrogen) atoms. The highest BCUT2D eigenvalue weighted by Gasteiger charge is 2.40. The summed E-state index contributed by atoms with van der Waals surface area (Å²) in [6.45, 7) is 7.83. The predicted octanol–water partition coefficient (Wildman–Crippen LogP) is 1.43. The summed E-state index contributed by atoms with van der Waals surface area (Å²) in [6, 6.07) is 5.59. The van der Waals surface area contributed by atoms with Gasteiger partial charge in [0.25, 0.3) is 11.8 Å². The Kier molecular flexibility index (Phi) is 10.9. The number of amides is 5. The Bertz CT molecular complexity index is 1210. The van der Waals surface area contributed by atoms with Crippen molar-refractivity contribution in [2.24, 2.45) is 11.8 Å². The molecule has 2 N–H and O–H groups in total. The number of methoxy groups -OCH3 is 1. The SMILES string of the molecule is COC(=O)CN(C[C@@H](C(C)C)[C@@H](O)CN1C(=O)c2ccccc2C1=O)C(=O)CNC(=O)[C@@H]1CCCN1C(=O)OC(C)(C)C. The van der Waals surface area contributed by atoms with Gasteiger partial charge in [0.15, 0.2) is 0 Å². The quantitative estimate of drug-likeness (QED) is 0.282. The maximum atomic E-state index is 13.3. The average Bonchev–Trinajstić information content (AvgIpc) is 3.52. The molecule has 1 aromatic carbocycles. The minimum Gasteiger partial charge on any atom is -0.468 e. The number of carbonyl (C=O) groups excluding carboxylic acids is 6. The Balaban J connectivity index is 1.68. The summed E-state index contributed by atoms with van der Waals surface area (Å²) in [5.41, 5.74) is -0.222. The van der Waals surface area contributed by atoms with E-state index in [1.807, 2.05) is 13.8 Å². The van der Waals surface area contributed by atoms with E-state index in [2.05, 4.69) is 5.32 Å². The largest absolute Gasteiger partial charge is 0.468 e. The number of rotatable bonds is 11. The lowest BCUT2D eigenvalue weighted by Crippen LogP contribution is -2.52. The summed E-state index contributed by atoms with van der Waals surface area (Å²) in [4.78, 5) is 80.2. The molecule has 0 aromatic heterocycles. The van der Waals surface area contributed by atoms with E-state index in [1.165, 1.54) is 16.9 Å². The van der Waals surface area contributed by atoms with Gasteiger partial charge in [0.2, 0.25) is 11.8 Å². The molecule has 13 heteroatoms. The number of carbonyl (C=O) groups is 6. The zero-order valence-electron chi connectivity index (χ0n) is 25.6. The number of hydrogen-bond acceptors (Lipinski definition) is 9. The first kappa shape index (κ1) is 33.5. The number of nitrogens with zero attached hydrogens (tertiary/aromatic N) is 3. The topological polar surface area (TPSA) is 163 Å². The van der Waals surface area contributed by atoms with Crippen LogP contribution in [0.25, 0.3) is 0 Å². The molecule has 2 aliphatic rings. The van der Waals surface area contributed by atoms with Gasteiger partial charge in [0.05, 0.1) is 37.4 Å². The summed E-state index contributed by atoms with van der Waals surface area (Å²) in [5, 5.41) is 13.7. The second kappa shape index (κ2) is 14.0. The van der Waals surface area contributed by atoms with Crippen LogP contribution in [0.5, 0.6) is 0 Å². The molecule has 0 spiro atoms. The number of benzene rings is 1. The number of ether oxygens (including phenoxy) is 2. The third-order valence-electron chi connectivity index (χ3n) is 7.53. The van der Waals surface area contributed by atoms with Crippen LogP contribution in [0.15, 0.2) is 24.3 Å². The van der Waals surface area contributed by atoms with Crippen LogP contribution in [0.1, 0.15) is 68.2 Å². The van der Waals surface area contributed by atoms with E-state index in [0.717, 1.165) is 4.90 Å². The number of hydrogen-bond donors (Lipinski definition) is 2. The number of β-amino-alcohol motifs (C(OH)–C–C–N with tert-alkyl or cyclic N) is 1. The van der Waals surface area contributed by atoms with Crippen molar-refractivity contribution in [2.45, 2.75) is 65.2 Å². The van der Waals surface area contributed by atoms with Crippen LogP contribution < -0.4 is 5.32 Å². The molecule has 3 rings (SSSR count). The Morgan fingerprint density at radius 3 is 2.23 bits per heavy atom. The smallest absolute Gasteiger partial charge is 0.410 e. The molecule has 1 aromatic rings. The molecule has 0 aliphatic carbocycles. The number of esters is 1. The van der Waals surface area contributed by atoms with Crippen molar-refractivity contribution in [1.82, 2.24) is 20.0 Å². The highest BCUT2D eigenvalue weighted by molar-refractivity contribution is 6.21. The van der Waals surface area contributed by atoms with Crippen LogP contribution in [-0.2, 0) is 23.9 Å². The van der Waals surface area contributed by atoms with E-state index in [9.17, 15) is 33.9 Å². The van der Waals surface area contributed by atoms with Gasteiger partial charge in [-0.25, -0.2) is 4.79 Å². The molecule has 13 nitrogen and oxygen atoms in total. The maximum Gasteiger partial charge on any atom is 0.410 e. The van der Waals surface area contributed by atoms with Gasteiger partial charge in [-0.1, -0.05) is 26.0 Å². The number of aliphatic hydroxyl groups excluding tert-OH is 1. The molecule has 0 radical (unpaired) electrons. The van der Waals surface area contributed by atoms with Gasteiger partial charge in [-0.15, -0.1) is 0 Å². The van der Waals surface area contributed by atoms with Gasteiger partial charge in [0, 0.05) is 19.0 Å². The average molecular weight is 603 g/mol. The van der Waals surface area contributed by atoms with Crippen molar-refractivity contribution in [3.8, 4) is 0 Å². The molecule has 5 amide bonds. The van der Waals surface area contributed by atoms with Gasteiger partial charge >= 0.3 is 12.1 Å². The lowest BCUT2D eigenvalue weighted by atomic mass is 9.89. The number of aliphatic hydroxyl groups is 1. The van der Waals surface area contributed by atoms with Crippen LogP contribution in [0, 0.1) is 11.8 Å². The van der Waals surface area contributed by atoms with Crippen LogP contribution in [0.2, 0.25) is 0 Å². The number of likely N-dealkylation sites (tertiary alicyclic amines) is 1. The zero-order valence-corrected chi connectivity index (χ0v) is 25.6. The number of nitrogens with one attached hydrogen (secondary N) is 1. The van der Waals surface area contributed by atoms with Crippen LogP contribution in [0.4, 0.5) is 4.79 Å². The van der Waals surface area contributed by atoms with Crippen LogP contribution in [0.3, 0.4) is 0 Å². The van der Waals surface area contributed by atoms with Gasteiger partial charge < -0.3 is 24.8 Å². The van der Waals surface area contributed by atoms with E-state index in [0.29, 0.717) is 19.4 Å². The van der Waals surface area contributed by atoms with Crippen molar-refractivity contribution in [2.75, 3.05) is 39.8 Å². The molecule has 236 valence electrons. The molecule has 0 bridgehead atoms. The lowest BCUT2D eigenvalue weighted by Gasteiger charge is -2.33. The number of fused-ring (bicyclic) bond motifs is 1. The molecular weight excluding hydrogens is 560 g/mol. The van der Waals surface area contributed by atoms with E-state index in [4.69, 9.17) is 9.47 Å². The standard InChI is InChI=1S/C30H42N4O9/c1-18(2)21(23(35)16-34-27(39)19-10-7-8-11-20(19)28(34)40)15-32(17-25(37)42-6)24(36)14-31-26(38)22-12-9-13-33(22)29(41)43-30(3,4)5/h7-8,10-11,18,21-23,35H,9,12-17H2,1-6H3,(H,31,38)/t21-,22-,23-/m0/s1. The highest BCUT2D eigenvalue weighted by Crippen LogP contribution is 2.26. The zero-order chi connectivity index (χ0) is 32.1. The first-order valence-electron chi connectivity index (χ1n) is 14.4.